The number of hydrogen-bond donors (Lipinski definition) is 2. The van der Waals surface area contributed by atoms with Crippen molar-refractivity contribution in [2.45, 2.75) is 10.2 Å². The Balaban J connectivity index is 1.98. The molecule has 0 saturated heterocycles. The minimum atomic E-state index is -0.245. The lowest BCUT2D eigenvalue weighted by Crippen LogP contribution is -2.09. The second-order valence-corrected chi connectivity index (χ2v) is 4.90. The summed E-state index contributed by atoms with van der Waals surface area (Å²) >= 11 is 1.23. The van der Waals surface area contributed by atoms with Crippen LogP contribution in [0.5, 0.6) is 0 Å². The zero-order valence-corrected chi connectivity index (χ0v) is 10.8. The average molecular weight is 276 g/mol. The van der Waals surface area contributed by atoms with E-state index in [0.29, 0.717) is 10.2 Å². The number of aromatic amines is 1. The van der Waals surface area contributed by atoms with Gasteiger partial charge in [0.15, 0.2) is 11.0 Å². The van der Waals surface area contributed by atoms with Gasteiger partial charge in [0.2, 0.25) is 0 Å². The molecular weight excluding hydrogens is 266 g/mol. The number of aryl methyl sites for hydroxylation is 1. The van der Waals surface area contributed by atoms with Crippen molar-refractivity contribution in [2.24, 2.45) is 7.05 Å². The van der Waals surface area contributed by atoms with Crippen LogP contribution in [0, 0.1) is 5.21 Å². The molecule has 2 aromatic heterocycles. The van der Waals surface area contributed by atoms with Crippen LogP contribution in [0.25, 0.3) is 11.0 Å². The zero-order chi connectivity index (χ0) is 13.4. The van der Waals surface area contributed by atoms with E-state index in [-0.39, 0.29) is 11.0 Å². The smallest absolute Gasteiger partial charge is 0.174 e. The van der Waals surface area contributed by atoms with Crippen molar-refractivity contribution in [2.75, 3.05) is 5.23 Å². The van der Waals surface area contributed by atoms with Crippen LogP contribution in [0.15, 0.2) is 40.8 Å². The summed E-state index contributed by atoms with van der Waals surface area (Å²) in [7, 11) is 1.74. The molecule has 0 bridgehead atoms. The Morgan fingerprint density at radius 1 is 1.42 bits per heavy atom. The molecule has 7 nitrogen and oxygen atoms in total. The summed E-state index contributed by atoms with van der Waals surface area (Å²) in [5.74, 6) is -0.0482. The lowest BCUT2D eigenvalue weighted by molar-refractivity contribution is 0.291. The van der Waals surface area contributed by atoms with Crippen molar-refractivity contribution in [3.63, 3.8) is 0 Å². The largest absolute Gasteiger partial charge is 0.732 e. The fourth-order valence-corrected chi connectivity index (χ4v) is 2.63. The van der Waals surface area contributed by atoms with E-state index in [1.54, 1.807) is 11.6 Å². The van der Waals surface area contributed by atoms with Crippen molar-refractivity contribution in [1.29, 1.82) is 0 Å². The number of anilines is 1. The SMILES string of the molecule is Cn1cnc(N([O-])O)c1Sc1nc2ccccc2[nH]1. The molecule has 3 rings (SSSR count). The predicted molar refractivity (Wildman–Crippen MR) is 71.1 cm³/mol. The molecule has 19 heavy (non-hydrogen) atoms. The Hall–Kier alpha value is -2.03. The van der Waals surface area contributed by atoms with Crippen molar-refractivity contribution in [1.82, 2.24) is 19.5 Å². The van der Waals surface area contributed by atoms with Gasteiger partial charge < -0.3 is 20.0 Å². The number of para-hydroxylation sites is 2. The van der Waals surface area contributed by atoms with Crippen LogP contribution in [0.2, 0.25) is 0 Å². The monoisotopic (exact) mass is 276 g/mol. The fraction of sp³-hybridized carbons (Fsp3) is 0.0909. The maximum Gasteiger partial charge on any atom is 0.174 e. The first-order valence-electron chi connectivity index (χ1n) is 5.45. The number of aromatic nitrogens is 4. The van der Waals surface area contributed by atoms with Crippen LogP contribution in [0.4, 0.5) is 5.82 Å². The van der Waals surface area contributed by atoms with E-state index in [4.69, 9.17) is 5.21 Å². The van der Waals surface area contributed by atoms with Gasteiger partial charge in [-0.15, -0.1) is 0 Å². The summed E-state index contributed by atoms with van der Waals surface area (Å²) in [5.41, 5.74) is 1.76. The second-order valence-electron chi connectivity index (χ2n) is 3.92. The highest BCUT2D eigenvalue weighted by Crippen LogP contribution is 2.32. The third-order valence-corrected chi connectivity index (χ3v) is 3.66. The van der Waals surface area contributed by atoms with Gasteiger partial charge in [-0.3, -0.25) is 5.21 Å². The quantitative estimate of drug-likeness (QED) is 0.712. The van der Waals surface area contributed by atoms with E-state index in [0.717, 1.165) is 11.0 Å². The molecule has 98 valence electrons. The van der Waals surface area contributed by atoms with Gasteiger partial charge in [0.1, 0.15) is 5.03 Å². The molecule has 8 heteroatoms. The van der Waals surface area contributed by atoms with Crippen LogP contribution >= 0.6 is 11.8 Å². The first-order valence-corrected chi connectivity index (χ1v) is 6.27. The molecule has 2 heterocycles. The Bertz CT molecular complexity index is 688. The number of nitrogens with zero attached hydrogens (tertiary/aromatic N) is 4. The molecule has 0 spiro atoms. The lowest BCUT2D eigenvalue weighted by Gasteiger charge is -2.19. The molecule has 0 amide bonds. The first kappa shape index (κ1) is 12.0. The Labute approximate surface area is 112 Å². The highest BCUT2D eigenvalue weighted by Gasteiger charge is 2.13. The summed E-state index contributed by atoms with van der Waals surface area (Å²) in [6.07, 6.45) is 1.46. The molecule has 0 aliphatic carbocycles. The number of hydrogen-bond acceptors (Lipinski definition) is 6. The van der Waals surface area contributed by atoms with Gasteiger partial charge >= 0.3 is 0 Å². The van der Waals surface area contributed by atoms with Gasteiger partial charge in [-0.2, -0.15) is 0 Å². The van der Waals surface area contributed by atoms with Crippen LogP contribution in [0.3, 0.4) is 0 Å². The van der Waals surface area contributed by atoms with Crippen molar-refractivity contribution >= 4 is 28.6 Å². The van der Waals surface area contributed by atoms with Gasteiger partial charge in [0, 0.05) is 7.05 Å². The third kappa shape index (κ3) is 2.16. The second kappa shape index (κ2) is 4.57. The van der Waals surface area contributed by atoms with E-state index in [1.807, 2.05) is 24.3 Å². The van der Waals surface area contributed by atoms with E-state index >= 15 is 0 Å². The van der Waals surface area contributed by atoms with Gasteiger partial charge in [0.25, 0.3) is 0 Å². The first-order chi connectivity index (χ1) is 9.15. The van der Waals surface area contributed by atoms with Gasteiger partial charge in [-0.25, -0.2) is 9.97 Å². The normalized spacial score (nSPS) is 11.1. The molecule has 3 aromatic rings. The summed E-state index contributed by atoms with van der Waals surface area (Å²) in [5, 5.41) is 20.9. The molecule has 0 atom stereocenters. The van der Waals surface area contributed by atoms with E-state index in [9.17, 15) is 5.21 Å². The maximum atomic E-state index is 11.0. The van der Waals surface area contributed by atoms with Crippen LogP contribution in [-0.4, -0.2) is 24.7 Å². The van der Waals surface area contributed by atoms with E-state index in [2.05, 4.69) is 15.0 Å². The Morgan fingerprint density at radius 2 is 2.21 bits per heavy atom. The summed E-state index contributed by atoms with van der Waals surface area (Å²) in [6.45, 7) is 0. The Morgan fingerprint density at radius 3 is 2.95 bits per heavy atom. The summed E-state index contributed by atoms with van der Waals surface area (Å²) < 4.78 is 1.65. The minimum absolute atomic E-state index is 0.0482. The minimum Gasteiger partial charge on any atom is -0.732 e. The van der Waals surface area contributed by atoms with Gasteiger partial charge in [-0.05, 0) is 23.9 Å². The van der Waals surface area contributed by atoms with Gasteiger partial charge in [-0.1, -0.05) is 12.1 Å². The Kier molecular flexibility index (Phi) is 2.90. The number of rotatable bonds is 3. The number of nitrogens with one attached hydrogen (secondary N) is 1. The van der Waals surface area contributed by atoms with Crippen molar-refractivity contribution < 1.29 is 5.21 Å². The molecule has 1 aromatic carbocycles. The topological polar surface area (TPSA) is 93.0 Å². The van der Waals surface area contributed by atoms with Crippen molar-refractivity contribution in [3.8, 4) is 0 Å². The van der Waals surface area contributed by atoms with Gasteiger partial charge in [0.05, 0.1) is 17.4 Å². The molecule has 0 fully saturated rings. The zero-order valence-electron chi connectivity index (χ0n) is 9.94. The van der Waals surface area contributed by atoms with Crippen LogP contribution in [0.1, 0.15) is 0 Å². The molecule has 0 aliphatic rings. The fourth-order valence-electron chi connectivity index (χ4n) is 1.72. The number of fused-ring (bicyclic) bond motifs is 1. The summed E-state index contributed by atoms with van der Waals surface area (Å²) in [6, 6.07) is 7.63. The van der Waals surface area contributed by atoms with Crippen LogP contribution < -0.4 is 5.23 Å². The predicted octanol–water partition coefficient (Wildman–Crippen LogP) is 2.14. The standard InChI is InChI=1S/C11H10N5O2S/c1-15-6-12-9(16(17)18)10(15)19-11-13-7-4-2-3-5-8(7)14-11/h2-6,17H,1H3,(H,13,14)/q-1. The van der Waals surface area contributed by atoms with E-state index in [1.165, 1.54) is 18.1 Å². The highest BCUT2D eigenvalue weighted by atomic mass is 32.2. The number of imidazole rings is 2. The number of H-pyrrole nitrogens is 1. The molecule has 0 radical (unpaired) electrons. The van der Waals surface area contributed by atoms with Crippen LogP contribution in [-0.2, 0) is 7.05 Å². The summed E-state index contributed by atoms with van der Waals surface area (Å²) in [4.78, 5) is 11.4. The lowest BCUT2D eigenvalue weighted by atomic mass is 10.3. The van der Waals surface area contributed by atoms with Crippen molar-refractivity contribution in [3.05, 3.63) is 35.8 Å². The number of benzene rings is 1. The molecular formula is C11H10N5O2S-. The molecule has 0 aliphatic heterocycles. The molecule has 2 N–H and O–H groups in total. The third-order valence-electron chi connectivity index (χ3n) is 2.61. The molecule has 0 unspecified atom stereocenters. The average Bonchev–Trinajstić information content (AvgIpc) is 2.94. The highest BCUT2D eigenvalue weighted by molar-refractivity contribution is 7.99. The maximum absolute atomic E-state index is 11.0. The molecule has 0 saturated carbocycles. The van der Waals surface area contributed by atoms with E-state index < -0.39 is 0 Å².